The zero-order valence-corrected chi connectivity index (χ0v) is 13.3. The summed E-state index contributed by atoms with van der Waals surface area (Å²) in [5.74, 6) is 6.62. The summed E-state index contributed by atoms with van der Waals surface area (Å²) in [4.78, 5) is 12.1. The number of nitrogens with two attached hydrogens (primary N) is 1. The van der Waals surface area contributed by atoms with Gasteiger partial charge in [0, 0.05) is 15.5 Å². The lowest BCUT2D eigenvalue weighted by Gasteiger charge is -2.09. The van der Waals surface area contributed by atoms with Crippen LogP contribution in [0.1, 0.15) is 4.88 Å². The van der Waals surface area contributed by atoms with Crippen LogP contribution in [-0.4, -0.2) is 16.2 Å². The van der Waals surface area contributed by atoms with Crippen molar-refractivity contribution in [1.29, 1.82) is 0 Å². The molecular weight excluding hydrogens is 302 g/mol. The van der Waals surface area contributed by atoms with E-state index >= 15 is 0 Å². The average Bonchev–Trinajstić information content (AvgIpc) is 2.88. The molecule has 4 N–H and O–H groups in total. The SMILES string of the molecule is CSc1ccc(Nc2nc(NN)nc3sc(C)cc23)cc1. The summed E-state index contributed by atoms with van der Waals surface area (Å²) in [5.41, 5.74) is 3.50. The Hall–Kier alpha value is -1.83. The number of thioether (sulfide) groups is 1. The fourth-order valence-corrected chi connectivity index (χ4v) is 3.30. The van der Waals surface area contributed by atoms with Crippen LogP contribution >= 0.6 is 23.1 Å². The number of fused-ring (bicyclic) bond motifs is 1. The summed E-state index contributed by atoms with van der Waals surface area (Å²) in [6.07, 6.45) is 2.06. The van der Waals surface area contributed by atoms with Crippen molar-refractivity contribution in [2.75, 3.05) is 17.0 Å². The number of nitrogen functional groups attached to an aromatic ring is 1. The minimum absolute atomic E-state index is 0.410. The zero-order valence-electron chi connectivity index (χ0n) is 11.7. The molecule has 0 aliphatic heterocycles. The fraction of sp³-hybridized carbons (Fsp3) is 0.143. The fourth-order valence-electron chi connectivity index (χ4n) is 2.01. The van der Waals surface area contributed by atoms with Crippen molar-refractivity contribution in [1.82, 2.24) is 9.97 Å². The predicted octanol–water partition coefficient (Wildman–Crippen LogP) is 3.75. The third-order valence-corrected chi connectivity index (χ3v) is 4.69. The van der Waals surface area contributed by atoms with Crippen LogP contribution in [0, 0.1) is 6.92 Å². The number of aryl methyl sites for hydroxylation is 1. The number of nitrogens with one attached hydrogen (secondary N) is 2. The second kappa shape index (κ2) is 5.88. The molecule has 21 heavy (non-hydrogen) atoms. The highest BCUT2D eigenvalue weighted by Crippen LogP contribution is 2.31. The van der Waals surface area contributed by atoms with Crippen LogP contribution in [0.2, 0.25) is 0 Å². The Labute approximate surface area is 131 Å². The third kappa shape index (κ3) is 2.94. The molecule has 3 aromatic rings. The Morgan fingerprint density at radius 2 is 1.95 bits per heavy atom. The molecule has 108 valence electrons. The molecule has 2 aromatic heterocycles. The molecule has 3 rings (SSSR count). The number of nitrogens with zero attached hydrogens (tertiary/aromatic N) is 2. The van der Waals surface area contributed by atoms with Crippen LogP contribution in [0.4, 0.5) is 17.5 Å². The second-order valence-corrected chi connectivity index (χ2v) is 6.58. The van der Waals surface area contributed by atoms with Crippen molar-refractivity contribution in [3.8, 4) is 0 Å². The van der Waals surface area contributed by atoms with Crippen molar-refractivity contribution < 1.29 is 0 Å². The molecule has 0 amide bonds. The van der Waals surface area contributed by atoms with Gasteiger partial charge in [0.15, 0.2) is 0 Å². The first-order valence-electron chi connectivity index (χ1n) is 6.35. The lowest BCUT2D eigenvalue weighted by Crippen LogP contribution is -2.11. The van der Waals surface area contributed by atoms with Gasteiger partial charge in [-0.3, -0.25) is 5.43 Å². The first kappa shape index (κ1) is 14.1. The first-order chi connectivity index (χ1) is 10.2. The van der Waals surface area contributed by atoms with Crippen LogP contribution in [0.15, 0.2) is 35.2 Å². The molecule has 2 heterocycles. The van der Waals surface area contributed by atoms with E-state index in [0.29, 0.717) is 5.95 Å². The van der Waals surface area contributed by atoms with Gasteiger partial charge in [0.25, 0.3) is 0 Å². The summed E-state index contributed by atoms with van der Waals surface area (Å²) in [6.45, 7) is 2.05. The monoisotopic (exact) mass is 317 g/mol. The van der Waals surface area contributed by atoms with E-state index in [9.17, 15) is 0 Å². The van der Waals surface area contributed by atoms with Gasteiger partial charge in [-0.2, -0.15) is 4.98 Å². The smallest absolute Gasteiger partial charge is 0.240 e. The molecule has 0 atom stereocenters. The molecular formula is C14H15N5S2. The average molecular weight is 317 g/mol. The highest BCUT2D eigenvalue weighted by molar-refractivity contribution is 7.98. The van der Waals surface area contributed by atoms with E-state index in [1.807, 2.05) is 12.1 Å². The van der Waals surface area contributed by atoms with Gasteiger partial charge in [-0.1, -0.05) is 0 Å². The van der Waals surface area contributed by atoms with Crippen LogP contribution in [-0.2, 0) is 0 Å². The summed E-state index contributed by atoms with van der Waals surface area (Å²) in [7, 11) is 0. The Bertz CT molecular complexity index is 767. The zero-order chi connectivity index (χ0) is 14.8. The van der Waals surface area contributed by atoms with E-state index in [1.54, 1.807) is 23.1 Å². The molecule has 0 bridgehead atoms. The highest BCUT2D eigenvalue weighted by atomic mass is 32.2. The van der Waals surface area contributed by atoms with E-state index in [1.165, 1.54) is 9.77 Å². The van der Waals surface area contributed by atoms with Gasteiger partial charge in [0.05, 0.1) is 5.39 Å². The Balaban J connectivity index is 2.01. The van der Waals surface area contributed by atoms with Crippen LogP contribution < -0.4 is 16.6 Å². The molecule has 0 fully saturated rings. The van der Waals surface area contributed by atoms with Gasteiger partial charge in [-0.25, -0.2) is 10.8 Å². The van der Waals surface area contributed by atoms with Gasteiger partial charge in [0.2, 0.25) is 5.95 Å². The molecule has 0 saturated carbocycles. The van der Waals surface area contributed by atoms with E-state index in [-0.39, 0.29) is 0 Å². The van der Waals surface area contributed by atoms with Crippen LogP contribution in [0.25, 0.3) is 10.2 Å². The largest absolute Gasteiger partial charge is 0.340 e. The summed E-state index contributed by atoms with van der Waals surface area (Å²) >= 11 is 3.34. The topological polar surface area (TPSA) is 75.9 Å². The number of benzene rings is 1. The molecule has 5 nitrogen and oxygen atoms in total. The number of hydrazine groups is 1. The van der Waals surface area contributed by atoms with E-state index in [2.05, 4.69) is 52.1 Å². The maximum absolute atomic E-state index is 5.45. The molecule has 0 spiro atoms. The quantitative estimate of drug-likeness (QED) is 0.386. The number of hydrogen-bond donors (Lipinski definition) is 3. The maximum atomic E-state index is 5.45. The molecule has 0 unspecified atom stereocenters. The Morgan fingerprint density at radius 1 is 1.19 bits per heavy atom. The van der Waals surface area contributed by atoms with Crippen LogP contribution in [0.3, 0.4) is 0 Å². The van der Waals surface area contributed by atoms with E-state index in [4.69, 9.17) is 5.84 Å². The first-order valence-corrected chi connectivity index (χ1v) is 8.39. The van der Waals surface area contributed by atoms with Crippen molar-refractivity contribution >= 4 is 50.8 Å². The molecule has 0 aliphatic rings. The van der Waals surface area contributed by atoms with Crippen molar-refractivity contribution in [3.05, 3.63) is 35.2 Å². The predicted molar refractivity (Wildman–Crippen MR) is 91.5 cm³/mol. The van der Waals surface area contributed by atoms with E-state index < -0.39 is 0 Å². The van der Waals surface area contributed by atoms with Gasteiger partial charge < -0.3 is 5.32 Å². The van der Waals surface area contributed by atoms with Gasteiger partial charge in [0.1, 0.15) is 10.6 Å². The van der Waals surface area contributed by atoms with Gasteiger partial charge in [-0.15, -0.1) is 23.1 Å². The number of thiophene rings is 1. The Kier molecular flexibility index (Phi) is 3.96. The maximum Gasteiger partial charge on any atom is 0.240 e. The molecule has 0 saturated heterocycles. The standard InChI is InChI=1S/C14H15N5S2/c1-8-7-11-12(17-14(19-15)18-13(11)21-8)16-9-3-5-10(20-2)6-4-9/h3-7H,15H2,1-2H3,(H2,16,17,18,19). The highest BCUT2D eigenvalue weighted by Gasteiger charge is 2.10. The number of aromatic nitrogens is 2. The summed E-state index contributed by atoms with van der Waals surface area (Å²) in [5, 5.41) is 4.34. The second-order valence-electron chi connectivity index (χ2n) is 4.47. The lowest BCUT2D eigenvalue weighted by molar-refractivity contribution is 1.16. The summed E-state index contributed by atoms with van der Waals surface area (Å²) < 4.78 is 0. The minimum atomic E-state index is 0.410. The number of hydrogen-bond acceptors (Lipinski definition) is 7. The molecule has 0 radical (unpaired) electrons. The molecule has 1 aromatic carbocycles. The van der Waals surface area contributed by atoms with Crippen molar-refractivity contribution in [2.24, 2.45) is 5.84 Å². The molecule has 7 heteroatoms. The number of anilines is 3. The minimum Gasteiger partial charge on any atom is -0.340 e. The van der Waals surface area contributed by atoms with Crippen molar-refractivity contribution in [3.63, 3.8) is 0 Å². The van der Waals surface area contributed by atoms with Crippen molar-refractivity contribution in [2.45, 2.75) is 11.8 Å². The third-order valence-electron chi connectivity index (χ3n) is 3.00. The number of rotatable bonds is 4. The van der Waals surface area contributed by atoms with E-state index in [0.717, 1.165) is 21.7 Å². The van der Waals surface area contributed by atoms with Crippen LogP contribution in [0.5, 0.6) is 0 Å². The summed E-state index contributed by atoms with van der Waals surface area (Å²) in [6, 6.07) is 10.3. The molecule has 0 aliphatic carbocycles. The lowest BCUT2D eigenvalue weighted by atomic mass is 10.3. The van der Waals surface area contributed by atoms with Gasteiger partial charge >= 0.3 is 0 Å². The normalized spacial score (nSPS) is 10.8. The Morgan fingerprint density at radius 3 is 2.62 bits per heavy atom. The van der Waals surface area contributed by atoms with Gasteiger partial charge in [-0.05, 0) is 43.5 Å².